The van der Waals surface area contributed by atoms with Gasteiger partial charge in [-0.05, 0) is 0 Å². The monoisotopic (exact) mass is 149 g/mol. The molecule has 0 atom stereocenters. The second-order valence-electron chi connectivity index (χ2n) is 0.268. The Morgan fingerprint density at radius 3 is 1.00 bits per heavy atom. The fourth-order valence-electron chi connectivity index (χ4n) is 0. The van der Waals surface area contributed by atoms with Crippen molar-refractivity contribution in [3.63, 3.8) is 0 Å². The van der Waals surface area contributed by atoms with E-state index in [2.05, 4.69) is 0 Å². The van der Waals surface area contributed by atoms with Gasteiger partial charge in [0.1, 0.15) is 0 Å². The molecule has 0 aliphatic carbocycles. The van der Waals surface area contributed by atoms with Crippen molar-refractivity contribution in [1.82, 2.24) is 0 Å². The molecule has 0 amide bonds. The Morgan fingerprint density at radius 2 is 1.00 bits per heavy atom. The van der Waals surface area contributed by atoms with Crippen molar-refractivity contribution < 1.29 is 14.7 Å². The molecule has 0 aromatic rings. The summed E-state index contributed by atoms with van der Waals surface area (Å²) >= 11 is 0. The first-order valence-corrected chi connectivity index (χ1v) is 1.80. The Labute approximate surface area is 77.5 Å². The fourth-order valence-corrected chi connectivity index (χ4v) is 0. The van der Waals surface area contributed by atoms with Crippen LogP contribution in [-0.2, 0) is 0 Å². The van der Waals surface area contributed by atoms with E-state index in [0.717, 1.165) is 0 Å². The van der Waals surface area contributed by atoms with E-state index in [1.807, 2.05) is 0 Å². The van der Waals surface area contributed by atoms with E-state index in [0.29, 0.717) is 0 Å². The first kappa shape index (κ1) is 15.7. The smallest absolute Gasteiger partial charge is 0.328 e. The molecule has 6 heavy (non-hydrogen) atoms. The quantitative estimate of drug-likeness (QED) is 0.288. The average Bonchev–Trinajstić information content (AvgIpc) is 0.811. The Balaban J connectivity index is -0.0000000450. The van der Waals surface area contributed by atoms with Gasteiger partial charge in [-0.2, -0.15) is 0 Å². The molecule has 0 saturated heterocycles. The zero-order valence-electron chi connectivity index (χ0n) is 3.07. The summed E-state index contributed by atoms with van der Waals surface area (Å²) in [5, 5.41) is 0. The third-order valence-electron chi connectivity index (χ3n) is 0. The Bertz CT molecular complexity index is 15.5. The molecule has 6 heteroatoms. The van der Waals surface area contributed by atoms with E-state index in [-0.39, 0.29) is 55.1 Å². The molecule has 0 aromatic carbocycles. The van der Waals surface area contributed by atoms with Crippen LogP contribution in [0.2, 0.25) is 0 Å². The van der Waals surface area contributed by atoms with Crippen LogP contribution in [-0.4, -0.2) is 69.8 Å². The summed E-state index contributed by atoms with van der Waals surface area (Å²) in [6, 6.07) is 0. The van der Waals surface area contributed by atoms with E-state index < -0.39 is 8.60 Å². The normalized spacial score (nSPS) is 6.00. The van der Waals surface area contributed by atoms with E-state index in [9.17, 15) is 0 Å². The number of hydrogen-bond acceptors (Lipinski definition) is 3. The molecule has 0 spiro atoms. The van der Waals surface area contributed by atoms with Crippen LogP contribution in [0, 0.1) is 0 Å². The molecular formula is H3AlCaO3P+5. The van der Waals surface area contributed by atoms with E-state index >= 15 is 0 Å². The third-order valence-corrected chi connectivity index (χ3v) is 0. The van der Waals surface area contributed by atoms with Gasteiger partial charge in [0, 0.05) is 0 Å². The van der Waals surface area contributed by atoms with Crippen LogP contribution in [0.5, 0.6) is 0 Å². The van der Waals surface area contributed by atoms with Crippen LogP contribution in [0.15, 0.2) is 0 Å². The molecule has 0 bridgehead atoms. The molecule has 0 aliphatic rings. The van der Waals surface area contributed by atoms with Crippen LogP contribution in [0.25, 0.3) is 0 Å². The number of rotatable bonds is 0. The van der Waals surface area contributed by atoms with Gasteiger partial charge in [-0.15, -0.1) is 0 Å². The summed E-state index contributed by atoms with van der Waals surface area (Å²) in [7, 11) is -2.62. The summed E-state index contributed by atoms with van der Waals surface area (Å²) in [4.78, 5) is 21.7. The molecule has 0 heterocycles. The van der Waals surface area contributed by atoms with Crippen LogP contribution in [0.3, 0.4) is 0 Å². The molecule has 26 valence electrons. The molecule has 0 unspecified atom stereocenters. The average molecular weight is 149 g/mol. The van der Waals surface area contributed by atoms with Crippen molar-refractivity contribution >= 4 is 63.7 Å². The second-order valence-corrected chi connectivity index (χ2v) is 0.805. The molecule has 0 fully saturated rings. The molecule has 3 nitrogen and oxygen atoms in total. The summed E-state index contributed by atoms with van der Waals surface area (Å²) in [6.45, 7) is 0. The summed E-state index contributed by atoms with van der Waals surface area (Å²) in [5.74, 6) is 0. The minimum Gasteiger partial charge on any atom is -0.328 e. The van der Waals surface area contributed by atoms with Gasteiger partial charge in [0.15, 0.2) is 0 Å². The van der Waals surface area contributed by atoms with E-state index in [1.54, 1.807) is 0 Å². The maximum atomic E-state index is 7.23. The zero-order valence-corrected chi connectivity index (χ0v) is 7.33. The summed E-state index contributed by atoms with van der Waals surface area (Å²) < 4.78 is 0. The van der Waals surface area contributed by atoms with Crippen molar-refractivity contribution in [1.29, 1.82) is 0 Å². The molecule has 0 radical (unpaired) electrons. The topological polar surface area (TPSA) is 60.7 Å². The Morgan fingerprint density at radius 1 is 1.00 bits per heavy atom. The van der Waals surface area contributed by atoms with Gasteiger partial charge in [0.05, 0.1) is 0 Å². The molecular weight excluding hydrogens is 146 g/mol. The zero-order chi connectivity index (χ0) is 3.58. The van der Waals surface area contributed by atoms with Crippen molar-refractivity contribution in [2.75, 3.05) is 0 Å². The predicted octanol–water partition coefficient (Wildman–Crippen LogP) is -1.57. The van der Waals surface area contributed by atoms with Gasteiger partial charge in [-0.1, -0.05) is 0 Å². The van der Waals surface area contributed by atoms with Gasteiger partial charge < -0.3 is 14.7 Å². The SMILES string of the molecule is OP(O)O.[Al+3].[Ca+2]. The summed E-state index contributed by atoms with van der Waals surface area (Å²) in [6.07, 6.45) is 0. The van der Waals surface area contributed by atoms with Gasteiger partial charge in [0.25, 0.3) is 0 Å². The minimum atomic E-state index is -2.62. The molecule has 0 saturated carbocycles. The first-order valence-electron chi connectivity index (χ1n) is 0.600. The van der Waals surface area contributed by atoms with Crippen LogP contribution in [0.1, 0.15) is 0 Å². The first-order chi connectivity index (χ1) is 1.73. The van der Waals surface area contributed by atoms with Gasteiger partial charge in [-0.3, -0.25) is 0 Å². The number of hydrogen-bond donors (Lipinski definition) is 3. The van der Waals surface area contributed by atoms with Crippen LogP contribution >= 0.6 is 8.60 Å². The Hall–Kier alpha value is 2.10. The largest absolute Gasteiger partial charge is 3.00 e. The summed E-state index contributed by atoms with van der Waals surface area (Å²) in [5.41, 5.74) is 0. The molecule has 0 aliphatic heterocycles. The Kier molecular flexibility index (Phi) is 26.6. The molecule has 3 N–H and O–H groups in total. The minimum absolute atomic E-state index is 0. The van der Waals surface area contributed by atoms with Gasteiger partial charge >= 0.3 is 63.7 Å². The van der Waals surface area contributed by atoms with Crippen molar-refractivity contribution in [2.24, 2.45) is 0 Å². The maximum Gasteiger partial charge on any atom is 3.00 e. The van der Waals surface area contributed by atoms with E-state index in [4.69, 9.17) is 14.7 Å². The molecule has 0 rings (SSSR count). The van der Waals surface area contributed by atoms with Gasteiger partial charge in [-0.25, -0.2) is 0 Å². The van der Waals surface area contributed by atoms with Crippen LogP contribution in [0.4, 0.5) is 0 Å². The molecule has 0 aromatic heterocycles. The standard InChI is InChI=1S/Al.Ca.H3O3P/c;;1-4(2)3/h;;1-3H/q+3;+2;. The second kappa shape index (κ2) is 10.2. The third kappa shape index (κ3) is 35.9. The van der Waals surface area contributed by atoms with Crippen LogP contribution < -0.4 is 0 Å². The van der Waals surface area contributed by atoms with E-state index in [1.165, 1.54) is 0 Å². The van der Waals surface area contributed by atoms with Crippen molar-refractivity contribution in [3.8, 4) is 0 Å². The van der Waals surface area contributed by atoms with Crippen molar-refractivity contribution in [3.05, 3.63) is 0 Å². The fraction of sp³-hybridized carbons (Fsp3) is 0. The van der Waals surface area contributed by atoms with Gasteiger partial charge in [0.2, 0.25) is 0 Å². The predicted molar refractivity (Wildman–Crippen MR) is 25.1 cm³/mol. The van der Waals surface area contributed by atoms with Crippen molar-refractivity contribution in [2.45, 2.75) is 0 Å². The maximum absolute atomic E-state index is 7.23.